The fourth-order valence-corrected chi connectivity index (χ4v) is 4.65. The summed E-state index contributed by atoms with van der Waals surface area (Å²) in [4.78, 5) is 11.4. The number of piperidine rings is 1. The largest absolute Gasteiger partial charge is 0.355 e. The van der Waals surface area contributed by atoms with E-state index < -0.39 is 0 Å². The topological polar surface area (TPSA) is 58.9 Å². The van der Waals surface area contributed by atoms with E-state index in [0.29, 0.717) is 17.9 Å². The van der Waals surface area contributed by atoms with Gasteiger partial charge >= 0.3 is 0 Å². The summed E-state index contributed by atoms with van der Waals surface area (Å²) in [5.41, 5.74) is 3.33. The van der Waals surface area contributed by atoms with Crippen LogP contribution in [0.3, 0.4) is 0 Å². The van der Waals surface area contributed by atoms with Crippen LogP contribution >= 0.6 is 0 Å². The highest BCUT2D eigenvalue weighted by Gasteiger charge is 2.55. The number of aromatic nitrogens is 4. The lowest BCUT2D eigenvalue weighted by atomic mass is 10.2. The minimum atomic E-state index is 0.597. The smallest absolute Gasteiger partial charge is 0.139 e. The number of nitrogens with zero attached hydrogens (tertiary/aromatic N) is 5. The highest BCUT2D eigenvalue weighted by molar-refractivity contribution is 5.89. The number of hydrogen-bond donors (Lipinski definition) is 1. The summed E-state index contributed by atoms with van der Waals surface area (Å²) < 4.78 is 1.94. The van der Waals surface area contributed by atoms with Gasteiger partial charge in [-0.3, -0.25) is 0 Å². The molecule has 2 fully saturated rings. The summed E-state index contributed by atoms with van der Waals surface area (Å²) in [6.07, 6.45) is 5.75. The van der Waals surface area contributed by atoms with Gasteiger partial charge in [0.15, 0.2) is 0 Å². The molecule has 29 heavy (non-hydrogen) atoms. The van der Waals surface area contributed by atoms with E-state index >= 15 is 0 Å². The standard InChI is InChI=1S/C23H22N6/c1-2-6-17(7-3-1)29-12-16(11-27-29)10-24-22-19-13-28(14-20(19)22)23-18-8-4-5-9-21(18)25-15-26-23/h1-9,11-12,15,19-20,22,24H,10,13-14H2/t19-,20+,22?. The van der Waals surface area contributed by atoms with E-state index in [1.165, 1.54) is 5.56 Å². The molecule has 3 atom stereocenters. The zero-order valence-corrected chi connectivity index (χ0v) is 16.0. The minimum absolute atomic E-state index is 0.597. The first kappa shape index (κ1) is 16.7. The molecular weight excluding hydrogens is 360 g/mol. The van der Waals surface area contributed by atoms with Crippen LogP contribution in [0.5, 0.6) is 0 Å². The van der Waals surface area contributed by atoms with Crippen molar-refractivity contribution < 1.29 is 0 Å². The van der Waals surface area contributed by atoms with E-state index in [-0.39, 0.29) is 0 Å². The molecule has 3 heterocycles. The second kappa shape index (κ2) is 6.67. The van der Waals surface area contributed by atoms with E-state index in [9.17, 15) is 0 Å². The molecular formula is C23H22N6. The zero-order valence-electron chi connectivity index (χ0n) is 16.0. The zero-order chi connectivity index (χ0) is 19.2. The van der Waals surface area contributed by atoms with Crippen LogP contribution in [0.15, 0.2) is 73.3 Å². The Hall–Kier alpha value is -3.25. The molecule has 144 valence electrons. The molecule has 1 aliphatic carbocycles. The molecule has 2 aliphatic rings. The number of benzene rings is 2. The first-order valence-corrected chi connectivity index (χ1v) is 10.1. The third-order valence-corrected chi connectivity index (χ3v) is 6.21. The molecule has 6 rings (SSSR count). The molecule has 6 nitrogen and oxygen atoms in total. The number of fused-ring (bicyclic) bond motifs is 2. The Morgan fingerprint density at radius 3 is 2.59 bits per heavy atom. The number of anilines is 1. The van der Waals surface area contributed by atoms with Gasteiger partial charge in [0.1, 0.15) is 12.1 Å². The predicted molar refractivity (Wildman–Crippen MR) is 113 cm³/mol. The van der Waals surface area contributed by atoms with Gasteiger partial charge in [0.2, 0.25) is 0 Å². The van der Waals surface area contributed by atoms with Crippen molar-refractivity contribution in [1.29, 1.82) is 0 Å². The van der Waals surface area contributed by atoms with E-state index in [1.54, 1.807) is 6.33 Å². The predicted octanol–water partition coefficient (Wildman–Crippen LogP) is 3.04. The summed E-state index contributed by atoms with van der Waals surface area (Å²) in [6, 6.07) is 19.1. The van der Waals surface area contributed by atoms with Crippen molar-refractivity contribution in [3.63, 3.8) is 0 Å². The Morgan fingerprint density at radius 1 is 0.931 bits per heavy atom. The first-order chi connectivity index (χ1) is 14.4. The Balaban J connectivity index is 1.08. The molecule has 0 amide bonds. The van der Waals surface area contributed by atoms with Crippen LogP contribution in [-0.2, 0) is 6.54 Å². The fourth-order valence-electron chi connectivity index (χ4n) is 4.65. The number of hydrogen-bond acceptors (Lipinski definition) is 5. The number of para-hydroxylation sites is 2. The third kappa shape index (κ3) is 2.96. The molecule has 0 bridgehead atoms. The van der Waals surface area contributed by atoms with Gasteiger partial charge in [0, 0.05) is 42.8 Å². The van der Waals surface area contributed by atoms with E-state index in [4.69, 9.17) is 0 Å². The third-order valence-electron chi connectivity index (χ3n) is 6.21. The average Bonchev–Trinajstić information content (AvgIpc) is 3.15. The summed E-state index contributed by atoms with van der Waals surface area (Å²) >= 11 is 0. The van der Waals surface area contributed by atoms with Crippen molar-refractivity contribution in [3.8, 4) is 5.69 Å². The van der Waals surface area contributed by atoms with Crippen molar-refractivity contribution in [2.24, 2.45) is 11.8 Å². The van der Waals surface area contributed by atoms with Crippen LogP contribution in [-0.4, -0.2) is 38.9 Å². The fraction of sp³-hybridized carbons (Fsp3) is 0.261. The van der Waals surface area contributed by atoms with Crippen molar-refractivity contribution in [3.05, 3.63) is 78.9 Å². The van der Waals surface area contributed by atoms with Crippen molar-refractivity contribution >= 4 is 16.7 Å². The van der Waals surface area contributed by atoms with E-state index in [2.05, 4.69) is 61.8 Å². The van der Waals surface area contributed by atoms with E-state index in [1.807, 2.05) is 35.1 Å². The highest BCUT2D eigenvalue weighted by atomic mass is 15.3. The van der Waals surface area contributed by atoms with Gasteiger partial charge < -0.3 is 10.2 Å². The molecule has 0 radical (unpaired) electrons. The van der Waals surface area contributed by atoms with Crippen LogP contribution in [0, 0.1) is 11.8 Å². The normalized spacial score (nSPS) is 22.8. The first-order valence-electron chi connectivity index (χ1n) is 10.1. The lowest BCUT2D eigenvalue weighted by Crippen LogP contribution is -2.31. The molecule has 1 saturated heterocycles. The number of nitrogens with one attached hydrogen (secondary N) is 1. The maximum absolute atomic E-state index is 4.58. The maximum Gasteiger partial charge on any atom is 0.139 e. The Labute approximate surface area is 169 Å². The van der Waals surface area contributed by atoms with Crippen LogP contribution in [0.2, 0.25) is 0 Å². The van der Waals surface area contributed by atoms with Crippen LogP contribution in [0.4, 0.5) is 5.82 Å². The van der Waals surface area contributed by atoms with Crippen molar-refractivity contribution in [2.75, 3.05) is 18.0 Å². The van der Waals surface area contributed by atoms with Gasteiger partial charge in [-0.25, -0.2) is 14.6 Å². The Bertz CT molecular complexity index is 1140. The van der Waals surface area contributed by atoms with Crippen molar-refractivity contribution in [2.45, 2.75) is 12.6 Å². The van der Waals surface area contributed by atoms with Crippen LogP contribution in [0.25, 0.3) is 16.6 Å². The Kier molecular flexibility index (Phi) is 3.84. The lowest BCUT2D eigenvalue weighted by Gasteiger charge is -2.22. The second-order valence-electron chi connectivity index (χ2n) is 7.98. The van der Waals surface area contributed by atoms with Gasteiger partial charge in [0.05, 0.1) is 17.4 Å². The quantitative estimate of drug-likeness (QED) is 0.575. The number of rotatable bonds is 5. The summed E-state index contributed by atoms with van der Waals surface area (Å²) in [7, 11) is 0. The van der Waals surface area contributed by atoms with Gasteiger partial charge in [-0.2, -0.15) is 5.10 Å². The van der Waals surface area contributed by atoms with E-state index in [0.717, 1.165) is 42.0 Å². The van der Waals surface area contributed by atoms with Crippen LogP contribution in [0.1, 0.15) is 5.56 Å². The SMILES string of the molecule is c1ccc(-n2cc(CNC3[C@H]4CN(c5ncnc6ccccc56)C[C@@H]34)cn2)cc1. The van der Waals surface area contributed by atoms with Gasteiger partial charge in [-0.05, 0) is 36.1 Å². The highest BCUT2D eigenvalue weighted by Crippen LogP contribution is 2.47. The molecule has 6 heteroatoms. The minimum Gasteiger partial charge on any atom is -0.355 e. The molecule has 1 aliphatic heterocycles. The maximum atomic E-state index is 4.58. The molecule has 2 aromatic heterocycles. The Morgan fingerprint density at radius 2 is 1.72 bits per heavy atom. The summed E-state index contributed by atoms with van der Waals surface area (Å²) in [5.74, 6) is 2.48. The molecule has 1 unspecified atom stereocenters. The van der Waals surface area contributed by atoms with Gasteiger partial charge in [-0.1, -0.05) is 30.3 Å². The lowest BCUT2D eigenvalue weighted by molar-refractivity contribution is 0.591. The van der Waals surface area contributed by atoms with Gasteiger partial charge in [0.25, 0.3) is 0 Å². The summed E-state index contributed by atoms with van der Waals surface area (Å²) in [6.45, 7) is 2.99. The molecule has 1 N–H and O–H groups in total. The molecule has 2 aromatic carbocycles. The second-order valence-corrected chi connectivity index (χ2v) is 7.98. The van der Waals surface area contributed by atoms with Crippen molar-refractivity contribution in [1.82, 2.24) is 25.1 Å². The molecule has 4 aromatic rings. The summed E-state index contributed by atoms with van der Waals surface area (Å²) in [5, 5.41) is 9.38. The average molecular weight is 382 g/mol. The monoisotopic (exact) mass is 382 g/mol. The molecule has 1 saturated carbocycles. The van der Waals surface area contributed by atoms with Gasteiger partial charge in [-0.15, -0.1) is 0 Å². The molecule has 0 spiro atoms. The van der Waals surface area contributed by atoms with Crippen LogP contribution < -0.4 is 10.2 Å².